The molecule has 6 nitrogen and oxygen atoms in total. The highest BCUT2D eigenvalue weighted by molar-refractivity contribution is 6.06. The quantitative estimate of drug-likeness (QED) is 0.849. The number of benzene rings is 1. The molecule has 25 heavy (non-hydrogen) atoms. The van der Waals surface area contributed by atoms with Gasteiger partial charge in [-0.15, -0.1) is 0 Å². The summed E-state index contributed by atoms with van der Waals surface area (Å²) in [5, 5.41) is 5.62. The first-order valence-electron chi connectivity index (χ1n) is 8.55. The second-order valence-corrected chi connectivity index (χ2v) is 6.36. The molecular weight excluding hydrogens is 320 g/mol. The third-order valence-electron chi connectivity index (χ3n) is 4.67. The Morgan fingerprint density at radius 3 is 2.72 bits per heavy atom. The maximum Gasteiger partial charge on any atom is 0.228 e. The summed E-state index contributed by atoms with van der Waals surface area (Å²) < 4.78 is 5.12. The number of hydrogen-bond donors (Lipinski definition) is 2. The molecule has 132 valence electrons. The number of hydrogen-bond acceptors (Lipinski definition) is 4. The summed E-state index contributed by atoms with van der Waals surface area (Å²) in [7, 11) is 1.62. The van der Waals surface area contributed by atoms with Crippen LogP contribution in [0.15, 0.2) is 35.5 Å². The second kappa shape index (κ2) is 7.51. The van der Waals surface area contributed by atoms with Crippen LogP contribution < -0.4 is 15.4 Å². The van der Waals surface area contributed by atoms with E-state index in [-0.39, 0.29) is 24.0 Å². The Kier molecular flexibility index (Phi) is 5.16. The second-order valence-electron chi connectivity index (χ2n) is 6.36. The lowest BCUT2D eigenvalue weighted by molar-refractivity contribution is -0.131. The first-order chi connectivity index (χ1) is 12.1. The molecule has 2 amide bonds. The van der Waals surface area contributed by atoms with Gasteiger partial charge in [0.25, 0.3) is 0 Å². The summed E-state index contributed by atoms with van der Waals surface area (Å²) >= 11 is 0. The molecule has 3 rings (SSSR count). The number of ether oxygens (including phenoxy) is 1. The monoisotopic (exact) mass is 342 g/mol. The highest BCUT2D eigenvalue weighted by atomic mass is 16.5. The maximum atomic E-state index is 12.5. The van der Waals surface area contributed by atoms with E-state index < -0.39 is 5.92 Å². The Morgan fingerprint density at radius 2 is 2.00 bits per heavy atom. The molecule has 0 spiro atoms. The van der Waals surface area contributed by atoms with Gasteiger partial charge in [-0.1, -0.05) is 12.1 Å². The average Bonchev–Trinajstić information content (AvgIpc) is 2.61. The van der Waals surface area contributed by atoms with Crippen molar-refractivity contribution in [2.75, 3.05) is 13.7 Å². The number of allylic oxidation sites excluding steroid dienone is 1. The highest BCUT2D eigenvalue weighted by Crippen LogP contribution is 2.31. The lowest BCUT2D eigenvalue weighted by Crippen LogP contribution is -2.44. The highest BCUT2D eigenvalue weighted by Gasteiger charge is 2.37. The van der Waals surface area contributed by atoms with Crippen molar-refractivity contribution in [2.24, 2.45) is 5.92 Å². The number of ketones is 1. The molecule has 0 saturated heterocycles. The largest absolute Gasteiger partial charge is 0.497 e. The molecule has 0 aromatic heterocycles. The number of carbonyl (C=O) groups is 3. The Balaban J connectivity index is 1.61. The third-order valence-corrected chi connectivity index (χ3v) is 4.67. The van der Waals surface area contributed by atoms with Crippen LogP contribution in [0, 0.1) is 5.92 Å². The van der Waals surface area contributed by atoms with E-state index >= 15 is 0 Å². The first-order valence-corrected chi connectivity index (χ1v) is 8.55. The number of Topliss-reactive ketones (excluding diaryl/α,β-unsaturated/α-hetero) is 1. The van der Waals surface area contributed by atoms with Crippen LogP contribution in [0.1, 0.15) is 31.2 Å². The number of rotatable bonds is 5. The maximum absolute atomic E-state index is 12.5. The van der Waals surface area contributed by atoms with Crippen molar-refractivity contribution in [3.8, 4) is 5.75 Å². The van der Waals surface area contributed by atoms with Crippen molar-refractivity contribution < 1.29 is 19.1 Å². The molecule has 1 aliphatic carbocycles. The predicted octanol–water partition coefficient (Wildman–Crippen LogP) is 1.50. The number of carbonyl (C=O) groups excluding carboxylic acids is 3. The summed E-state index contributed by atoms with van der Waals surface area (Å²) in [5.74, 6) is -0.324. The number of methoxy groups -OCH3 is 1. The summed E-state index contributed by atoms with van der Waals surface area (Å²) in [4.78, 5) is 36.6. The minimum absolute atomic E-state index is 0.0171. The molecule has 0 fully saturated rings. The minimum Gasteiger partial charge on any atom is -0.497 e. The Bertz CT molecular complexity index is 721. The topological polar surface area (TPSA) is 84.5 Å². The predicted molar refractivity (Wildman–Crippen MR) is 91.8 cm³/mol. The third kappa shape index (κ3) is 3.90. The zero-order valence-corrected chi connectivity index (χ0v) is 14.3. The number of amides is 2. The molecule has 2 aliphatic rings. The van der Waals surface area contributed by atoms with Gasteiger partial charge >= 0.3 is 0 Å². The summed E-state index contributed by atoms with van der Waals surface area (Å²) in [6, 6.07) is 7.65. The Morgan fingerprint density at radius 1 is 1.24 bits per heavy atom. The van der Waals surface area contributed by atoms with Gasteiger partial charge in [-0.25, -0.2) is 0 Å². The summed E-state index contributed by atoms with van der Waals surface area (Å²) in [5.41, 5.74) is 2.23. The molecule has 6 heteroatoms. The summed E-state index contributed by atoms with van der Waals surface area (Å²) in [6.07, 6.45) is 2.55. The van der Waals surface area contributed by atoms with Gasteiger partial charge in [0.05, 0.1) is 13.0 Å². The Hall–Kier alpha value is -2.63. The van der Waals surface area contributed by atoms with Gasteiger partial charge in [0.2, 0.25) is 11.8 Å². The van der Waals surface area contributed by atoms with Crippen LogP contribution in [0.25, 0.3) is 0 Å². The lowest BCUT2D eigenvalue weighted by atomic mass is 9.81. The standard InChI is InChI=1S/C19H22N2O4/c1-25-13-7-5-12(6-8-13)9-10-20-19(24)14-11-17(23)21-15-3-2-4-16(22)18(14)15/h5-8,14H,2-4,9-11H2,1H3,(H,20,24)(H,21,23). The van der Waals surface area contributed by atoms with E-state index in [9.17, 15) is 14.4 Å². The van der Waals surface area contributed by atoms with Gasteiger partial charge < -0.3 is 15.4 Å². The van der Waals surface area contributed by atoms with Crippen LogP contribution in [-0.2, 0) is 20.8 Å². The van der Waals surface area contributed by atoms with Gasteiger partial charge in [0, 0.05) is 30.7 Å². The van der Waals surface area contributed by atoms with Crippen molar-refractivity contribution >= 4 is 17.6 Å². The van der Waals surface area contributed by atoms with Gasteiger partial charge in [-0.3, -0.25) is 14.4 Å². The summed E-state index contributed by atoms with van der Waals surface area (Å²) in [6.45, 7) is 0.458. The molecule has 1 aromatic carbocycles. The van der Waals surface area contributed by atoms with E-state index in [1.807, 2.05) is 24.3 Å². The zero-order chi connectivity index (χ0) is 17.8. The fraction of sp³-hybridized carbons (Fsp3) is 0.421. The Labute approximate surface area is 146 Å². The molecule has 1 aromatic rings. The van der Waals surface area contributed by atoms with E-state index in [4.69, 9.17) is 4.74 Å². The molecule has 0 saturated carbocycles. The van der Waals surface area contributed by atoms with Crippen molar-refractivity contribution in [3.63, 3.8) is 0 Å². The molecule has 0 radical (unpaired) electrons. The van der Waals surface area contributed by atoms with Crippen LogP contribution in [0.5, 0.6) is 5.75 Å². The van der Waals surface area contributed by atoms with E-state index in [1.165, 1.54) is 0 Å². The average molecular weight is 342 g/mol. The van der Waals surface area contributed by atoms with E-state index in [0.29, 0.717) is 37.1 Å². The number of nitrogens with one attached hydrogen (secondary N) is 2. The SMILES string of the molecule is COc1ccc(CCNC(=O)C2CC(=O)NC3=C2C(=O)CCC3)cc1. The van der Waals surface area contributed by atoms with Crippen molar-refractivity contribution in [2.45, 2.75) is 32.1 Å². The fourth-order valence-corrected chi connectivity index (χ4v) is 3.37. The molecular formula is C19H22N2O4. The minimum atomic E-state index is -0.660. The van der Waals surface area contributed by atoms with Crippen LogP contribution in [0.3, 0.4) is 0 Å². The molecule has 1 unspecified atom stereocenters. The van der Waals surface area contributed by atoms with Crippen molar-refractivity contribution in [1.29, 1.82) is 0 Å². The fourth-order valence-electron chi connectivity index (χ4n) is 3.37. The first kappa shape index (κ1) is 17.2. The van der Waals surface area contributed by atoms with Crippen LogP contribution in [-0.4, -0.2) is 31.3 Å². The van der Waals surface area contributed by atoms with Gasteiger partial charge in [-0.2, -0.15) is 0 Å². The van der Waals surface area contributed by atoms with E-state index in [1.54, 1.807) is 7.11 Å². The molecule has 2 N–H and O–H groups in total. The molecule has 1 atom stereocenters. The van der Waals surface area contributed by atoms with E-state index in [0.717, 1.165) is 17.7 Å². The molecule has 0 bridgehead atoms. The van der Waals surface area contributed by atoms with Crippen LogP contribution in [0.4, 0.5) is 0 Å². The smallest absolute Gasteiger partial charge is 0.228 e. The van der Waals surface area contributed by atoms with Crippen LogP contribution in [0.2, 0.25) is 0 Å². The van der Waals surface area contributed by atoms with Crippen molar-refractivity contribution in [3.05, 3.63) is 41.1 Å². The van der Waals surface area contributed by atoms with Gasteiger partial charge in [-0.05, 0) is 37.0 Å². The molecule has 1 heterocycles. The van der Waals surface area contributed by atoms with E-state index in [2.05, 4.69) is 10.6 Å². The zero-order valence-electron chi connectivity index (χ0n) is 14.3. The molecule has 1 aliphatic heterocycles. The lowest BCUT2D eigenvalue weighted by Gasteiger charge is -2.30. The van der Waals surface area contributed by atoms with Crippen molar-refractivity contribution in [1.82, 2.24) is 10.6 Å². The van der Waals surface area contributed by atoms with Crippen LogP contribution >= 0.6 is 0 Å². The van der Waals surface area contributed by atoms with Gasteiger partial charge in [0.15, 0.2) is 5.78 Å². The normalized spacial score (nSPS) is 20.0. The van der Waals surface area contributed by atoms with Gasteiger partial charge in [0.1, 0.15) is 5.75 Å².